The fourth-order valence-electron chi connectivity index (χ4n) is 12.3. The zero-order chi connectivity index (χ0) is 51.4. The predicted molar refractivity (Wildman–Crippen MR) is 320 cm³/mol. The van der Waals surface area contributed by atoms with E-state index in [-0.39, 0.29) is 0 Å². The highest BCUT2D eigenvalue weighted by Crippen LogP contribution is 2.41. The first-order chi connectivity index (χ1) is 38.6. The highest BCUT2D eigenvalue weighted by atomic mass is 15.2. The van der Waals surface area contributed by atoms with Gasteiger partial charge in [0.05, 0.1) is 61.5 Å². The Morgan fingerprint density at radius 2 is 0.641 bits per heavy atom. The maximum absolute atomic E-state index is 9.83. The van der Waals surface area contributed by atoms with Gasteiger partial charge in [-0.1, -0.05) is 152 Å². The molecule has 0 fully saturated rings. The number of para-hydroxylation sites is 6. The summed E-state index contributed by atoms with van der Waals surface area (Å²) >= 11 is 0. The molecule has 11 aromatic carbocycles. The van der Waals surface area contributed by atoms with Crippen molar-refractivity contribution in [2.45, 2.75) is 0 Å². The van der Waals surface area contributed by atoms with Crippen LogP contribution in [-0.4, -0.2) is 28.2 Å². The van der Waals surface area contributed by atoms with Gasteiger partial charge in [0.25, 0.3) is 0 Å². The number of benzene rings is 11. The van der Waals surface area contributed by atoms with Gasteiger partial charge in [-0.3, -0.25) is 9.13 Å². The molecule has 0 aliphatic rings. The smallest absolute Gasteiger partial charge is 0.237 e. The van der Waals surface area contributed by atoms with Crippen molar-refractivity contribution in [2.75, 3.05) is 0 Å². The van der Waals surface area contributed by atoms with E-state index in [1.807, 2.05) is 24.3 Å². The fraction of sp³-hybridized carbons (Fsp3) is 0. The summed E-state index contributed by atoms with van der Waals surface area (Å²) in [6.45, 7) is 0. The second-order valence-corrected chi connectivity index (χ2v) is 20.1. The molecule has 362 valence electrons. The van der Waals surface area contributed by atoms with E-state index in [4.69, 9.17) is 9.97 Å². The predicted octanol–water partition coefficient (Wildman–Crippen LogP) is 17.7. The van der Waals surface area contributed by atoms with Crippen LogP contribution >= 0.6 is 0 Å². The van der Waals surface area contributed by atoms with Gasteiger partial charge in [-0.05, 0) is 125 Å². The Hall–Kier alpha value is -10.8. The normalized spacial score (nSPS) is 11.8. The number of rotatable bonds is 7. The first-order valence-electron chi connectivity index (χ1n) is 26.3. The van der Waals surface area contributed by atoms with E-state index in [2.05, 4.69) is 261 Å². The van der Waals surface area contributed by atoms with Crippen molar-refractivity contribution in [1.29, 1.82) is 5.26 Å². The topological polar surface area (TPSA) is 69.3 Å². The fourth-order valence-corrected chi connectivity index (χ4v) is 12.3. The Balaban J connectivity index is 0.886. The number of aromatic nitrogens is 6. The molecule has 78 heavy (non-hydrogen) atoms. The Labute approximate surface area is 447 Å². The van der Waals surface area contributed by atoms with Crippen LogP contribution in [0.1, 0.15) is 5.56 Å². The van der Waals surface area contributed by atoms with E-state index >= 15 is 0 Å². The average Bonchev–Trinajstić information content (AvgIpc) is 4.45. The maximum Gasteiger partial charge on any atom is 0.237 e. The average molecular weight is 994 g/mol. The zero-order valence-electron chi connectivity index (χ0n) is 42.0. The third-order valence-corrected chi connectivity index (χ3v) is 15.8. The lowest BCUT2D eigenvalue weighted by atomic mass is 10.0. The van der Waals surface area contributed by atoms with Crippen LogP contribution in [-0.2, 0) is 0 Å². The minimum atomic E-state index is 0.545. The van der Waals surface area contributed by atoms with Gasteiger partial charge in [-0.15, -0.1) is 0 Å². The van der Waals surface area contributed by atoms with Crippen molar-refractivity contribution >= 4 is 87.2 Å². The SMILES string of the molecule is N#Cc1ccc(-c2cc(-n3c4ccccc4c4ccc(-c5ccc6c(c5)c5ccccc5n6-c5ccccc5)cc43)nc(-n3c4ccccc4c4cc(-c5ccc6c(c5)c5ccccc5n6-c5ccccc5)ccc43)n2)cc1. The molecule has 5 heterocycles. The summed E-state index contributed by atoms with van der Waals surface area (Å²) in [5.74, 6) is 1.28. The van der Waals surface area contributed by atoms with E-state index in [0.29, 0.717) is 11.5 Å². The van der Waals surface area contributed by atoms with Gasteiger partial charge in [0.2, 0.25) is 5.95 Å². The second kappa shape index (κ2) is 17.1. The molecule has 16 rings (SSSR count). The third kappa shape index (κ3) is 6.64. The molecular formula is C71H43N7. The van der Waals surface area contributed by atoms with Crippen molar-refractivity contribution in [3.05, 3.63) is 266 Å². The largest absolute Gasteiger partial charge is 0.309 e. The van der Waals surface area contributed by atoms with Crippen LogP contribution in [0.15, 0.2) is 261 Å². The molecule has 0 aliphatic carbocycles. The molecule has 16 aromatic rings. The van der Waals surface area contributed by atoms with Gasteiger partial charge < -0.3 is 9.13 Å². The van der Waals surface area contributed by atoms with Crippen LogP contribution < -0.4 is 0 Å². The molecule has 7 heteroatoms. The standard InChI is InChI=1S/C71H43N7/c72-44-45-27-29-46(30-28-45)61-43-70(77-64-25-13-7-19-53(64)57-35-31-50(42-69(57)77)49-33-37-67-59(41-49)55-21-9-12-24-63(55)76(67)52-17-5-2-6-18-52)74-71(73-61)78-65-26-14-10-22-56(65)60-40-48(34-38-68(60)78)47-32-36-66-58(39-47)54-20-8-11-23-62(54)75(66)51-15-3-1-4-16-51/h1-43H. The van der Waals surface area contributed by atoms with Crippen molar-refractivity contribution in [2.24, 2.45) is 0 Å². The maximum atomic E-state index is 9.83. The molecule has 0 spiro atoms. The second-order valence-electron chi connectivity index (χ2n) is 20.1. The Morgan fingerprint density at radius 1 is 0.269 bits per heavy atom. The summed E-state index contributed by atoms with van der Waals surface area (Å²) < 4.78 is 9.22. The van der Waals surface area contributed by atoms with E-state index in [0.717, 1.165) is 99.8 Å². The summed E-state index contributed by atoms with van der Waals surface area (Å²) in [5, 5.41) is 19.1. The van der Waals surface area contributed by atoms with Crippen molar-refractivity contribution < 1.29 is 0 Å². The van der Waals surface area contributed by atoms with Crippen molar-refractivity contribution in [3.8, 4) is 62.7 Å². The highest BCUT2D eigenvalue weighted by Gasteiger charge is 2.22. The molecule has 0 unspecified atom stereocenters. The molecule has 0 atom stereocenters. The molecule has 0 saturated carbocycles. The van der Waals surface area contributed by atoms with Crippen LogP contribution in [0.2, 0.25) is 0 Å². The van der Waals surface area contributed by atoms with E-state index < -0.39 is 0 Å². The number of hydrogen-bond donors (Lipinski definition) is 0. The zero-order valence-corrected chi connectivity index (χ0v) is 42.0. The molecule has 0 saturated heterocycles. The first kappa shape index (κ1) is 43.6. The van der Waals surface area contributed by atoms with Crippen LogP contribution in [0.25, 0.3) is 144 Å². The Bertz CT molecular complexity index is 5150. The minimum absolute atomic E-state index is 0.545. The molecule has 0 N–H and O–H groups in total. The third-order valence-electron chi connectivity index (χ3n) is 15.8. The van der Waals surface area contributed by atoms with Crippen LogP contribution in [0.3, 0.4) is 0 Å². The lowest BCUT2D eigenvalue weighted by molar-refractivity contribution is 0.952. The van der Waals surface area contributed by atoms with Crippen LogP contribution in [0, 0.1) is 11.3 Å². The van der Waals surface area contributed by atoms with Gasteiger partial charge in [0.15, 0.2) is 0 Å². The Morgan fingerprint density at radius 3 is 1.14 bits per heavy atom. The number of nitrogens with zero attached hydrogens (tertiary/aromatic N) is 7. The first-order valence-corrected chi connectivity index (χ1v) is 26.3. The summed E-state index contributed by atoms with van der Waals surface area (Å²) in [6, 6.07) is 95.1. The van der Waals surface area contributed by atoms with Gasteiger partial charge in [0.1, 0.15) is 5.82 Å². The van der Waals surface area contributed by atoms with E-state index in [9.17, 15) is 5.26 Å². The highest BCUT2D eigenvalue weighted by molar-refractivity contribution is 6.14. The quantitative estimate of drug-likeness (QED) is 0.160. The van der Waals surface area contributed by atoms with Crippen LogP contribution in [0.5, 0.6) is 0 Å². The molecule has 0 radical (unpaired) electrons. The van der Waals surface area contributed by atoms with Gasteiger partial charge in [-0.25, -0.2) is 4.98 Å². The molecule has 0 aliphatic heterocycles. The van der Waals surface area contributed by atoms with Gasteiger partial charge in [0, 0.05) is 66.1 Å². The lowest BCUT2D eigenvalue weighted by Crippen LogP contribution is -2.07. The van der Waals surface area contributed by atoms with E-state index in [1.165, 1.54) is 38.1 Å². The molecule has 0 bridgehead atoms. The molecular weight excluding hydrogens is 951 g/mol. The summed E-state index contributed by atoms with van der Waals surface area (Å²) in [5.41, 5.74) is 17.7. The number of hydrogen-bond acceptors (Lipinski definition) is 3. The Kier molecular flexibility index (Phi) is 9.56. The molecule has 5 aromatic heterocycles. The summed E-state index contributed by atoms with van der Waals surface area (Å²) in [4.78, 5) is 11.1. The van der Waals surface area contributed by atoms with E-state index in [1.54, 1.807) is 0 Å². The lowest BCUT2D eigenvalue weighted by Gasteiger charge is -2.14. The van der Waals surface area contributed by atoms with Gasteiger partial charge in [-0.2, -0.15) is 10.2 Å². The molecule has 7 nitrogen and oxygen atoms in total. The minimum Gasteiger partial charge on any atom is -0.309 e. The van der Waals surface area contributed by atoms with Crippen molar-refractivity contribution in [3.63, 3.8) is 0 Å². The number of nitriles is 1. The molecule has 0 amide bonds. The van der Waals surface area contributed by atoms with Gasteiger partial charge >= 0.3 is 0 Å². The summed E-state index contributed by atoms with van der Waals surface area (Å²) in [6.07, 6.45) is 0. The summed E-state index contributed by atoms with van der Waals surface area (Å²) in [7, 11) is 0. The van der Waals surface area contributed by atoms with Crippen LogP contribution in [0.4, 0.5) is 0 Å². The monoisotopic (exact) mass is 993 g/mol. The number of fused-ring (bicyclic) bond motifs is 12. The van der Waals surface area contributed by atoms with Crippen molar-refractivity contribution in [1.82, 2.24) is 28.2 Å².